The predicted molar refractivity (Wildman–Crippen MR) is 91.3 cm³/mol. The van der Waals surface area contributed by atoms with E-state index in [0.717, 1.165) is 0 Å². The molecule has 5 nitrogen and oxygen atoms in total. The lowest BCUT2D eigenvalue weighted by molar-refractivity contribution is -0.116. The summed E-state index contributed by atoms with van der Waals surface area (Å²) in [6.45, 7) is -0.0196. The maximum Gasteiger partial charge on any atom is 0.240 e. The number of anilines is 1. The van der Waals surface area contributed by atoms with E-state index in [1.165, 1.54) is 12.1 Å². The number of nitrogens with one attached hydrogen (secondary N) is 2. The molecule has 0 atom stereocenters. The van der Waals surface area contributed by atoms with Crippen LogP contribution in [0.15, 0.2) is 53.4 Å². The van der Waals surface area contributed by atoms with Crippen LogP contribution in [0.25, 0.3) is 0 Å². The van der Waals surface area contributed by atoms with Gasteiger partial charge in [0.2, 0.25) is 15.9 Å². The molecular weight excluding hydrogens is 359 g/mol. The highest BCUT2D eigenvalue weighted by molar-refractivity contribution is 7.89. The van der Waals surface area contributed by atoms with Crippen molar-refractivity contribution in [3.8, 4) is 0 Å². The molecule has 0 fully saturated rings. The van der Waals surface area contributed by atoms with Crippen molar-refractivity contribution in [1.82, 2.24) is 4.72 Å². The Morgan fingerprint density at radius 2 is 1.70 bits per heavy atom. The van der Waals surface area contributed by atoms with Gasteiger partial charge in [-0.1, -0.05) is 29.3 Å². The van der Waals surface area contributed by atoms with Crippen molar-refractivity contribution in [2.24, 2.45) is 0 Å². The molecule has 2 N–H and O–H groups in total. The van der Waals surface area contributed by atoms with Crippen LogP contribution in [0.5, 0.6) is 0 Å². The van der Waals surface area contributed by atoms with Crippen LogP contribution in [-0.2, 0) is 14.8 Å². The summed E-state index contributed by atoms with van der Waals surface area (Å²) >= 11 is 11.5. The average Bonchev–Trinajstić information content (AvgIpc) is 2.49. The predicted octanol–water partition coefficient (Wildman–Crippen LogP) is 3.30. The van der Waals surface area contributed by atoms with Crippen LogP contribution in [-0.4, -0.2) is 20.9 Å². The molecule has 0 aliphatic heterocycles. The van der Waals surface area contributed by atoms with Gasteiger partial charge in [0.25, 0.3) is 0 Å². The largest absolute Gasteiger partial charge is 0.326 e. The number of benzene rings is 2. The molecule has 0 saturated heterocycles. The van der Waals surface area contributed by atoms with Gasteiger partial charge in [-0.25, -0.2) is 13.1 Å². The fourth-order valence-electron chi connectivity index (χ4n) is 1.77. The number of rotatable bonds is 6. The smallest absolute Gasteiger partial charge is 0.240 e. The third-order valence-electron chi connectivity index (χ3n) is 2.88. The Balaban J connectivity index is 1.86. The Morgan fingerprint density at radius 3 is 2.35 bits per heavy atom. The third kappa shape index (κ3) is 5.51. The van der Waals surface area contributed by atoms with E-state index in [1.54, 1.807) is 36.4 Å². The van der Waals surface area contributed by atoms with Crippen LogP contribution in [0, 0.1) is 0 Å². The zero-order valence-electron chi connectivity index (χ0n) is 11.9. The molecule has 0 aromatic heterocycles. The fourth-order valence-corrected chi connectivity index (χ4v) is 3.23. The van der Waals surface area contributed by atoms with Crippen molar-refractivity contribution in [1.29, 1.82) is 0 Å². The summed E-state index contributed by atoms with van der Waals surface area (Å²) in [5, 5.41) is 3.54. The number of hydrogen-bond acceptors (Lipinski definition) is 3. The van der Waals surface area contributed by atoms with Gasteiger partial charge in [0.05, 0.1) is 4.90 Å². The van der Waals surface area contributed by atoms with E-state index in [2.05, 4.69) is 10.0 Å². The Bertz CT molecular complexity index is 793. The molecule has 1 amide bonds. The second kappa shape index (κ2) is 7.79. The van der Waals surface area contributed by atoms with Gasteiger partial charge >= 0.3 is 0 Å². The highest BCUT2D eigenvalue weighted by Crippen LogP contribution is 2.15. The molecule has 2 rings (SSSR count). The molecular formula is C15H14Cl2N2O3S. The zero-order valence-corrected chi connectivity index (χ0v) is 14.3. The van der Waals surface area contributed by atoms with Crippen molar-refractivity contribution >= 4 is 44.8 Å². The summed E-state index contributed by atoms with van der Waals surface area (Å²) in [5.74, 6) is -0.305. The van der Waals surface area contributed by atoms with Crippen molar-refractivity contribution in [3.63, 3.8) is 0 Å². The maximum atomic E-state index is 12.0. The van der Waals surface area contributed by atoms with E-state index in [4.69, 9.17) is 23.2 Å². The van der Waals surface area contributed by atoms with Crippen molar-refractivity contribution in [3.05, 3.63) is 58.6 Å². The molecule has 23 heavy (non-hydrogen) atoms. The monoisotopic (exact) mass is 372 g/mol. The number of sulfonamides is 1. The van der Waals surface area contributed by atoms with Crippen LogP contribution in [0.1, 0.15) is 6.42 Å². The molecule has 0 aliphatic carbocycles. The average molecular weight is 373 g/mol. The summed E-state index contributed by atoms with van der Waals surface area (Å²) in [7, 11) is -3.69. The molecule has 2 aromatic carbocycles. The number of hydrogen-bond donors (Lipinski definition) is 2. The molecule has 0 spiro atoms. The Labute approximate surface area is 144 Å². The van der Waals surface area contributed by atoms with Crippen LogP contribution >= 0.6 is 23.2 Å². The highest BCUT2D eigenvalue weighted by atomic mass is 35.5. The van der Waals surface area contributed by atoms with Gasteiger partial charge in [-0.2, -0.15) is 0 Å². The second-order valence-electron chi connectivity index (χ2n) is 4.66. The molecule has 0 saturated carbocycles. The highest BCUT2D eigenvalue weighted by Gasteiger charge is 2.14. The van der Waals surface area contributed by atoms with Gasteiger partial charge in [0, 0.05) is 28.7 Å². The summed E-state index contributed by atoms with van der Waals surface area (Å²) in [5.41, 5.74) is 0.595. The number of amides is 1. The molecule has 0 aliphatic rings. The van der Waals surface area contributed by atoms with E-state index >= 15 is 0 Å². The van der Waals surface area contributed by atoms with Crippen molar-refractivity contribution in [2.75, 3.05) is 11.9 Å². The normalized spacial score (nSPS) is 11.2. The van der Waals surface area contributed by atoms with Crippen LogP contribution in [0.3, 0.4) is 0 Å². The van der Waals surface area contributed by atoms with Gasteiger partial charge < -0.3 is 5.32 Å². The molecule has 0 unspecified atom stereocenters. The first-order chi connectivity index (χ1) is 10.9. The summed E-state index contributed by atoms with van der Waals surface area (Å²) < 4.78 is 26.5. The third-order valence-corrected chi connectivity index (χ3v) is 4.82. The minimum Gasteiger partial charge on any atom is -0.326 e. The molecule has 122 valence electrons. The molecule has 2 aromatic rings. The van der Waals surface area contributed by atoms with E-state index < -0.39 is 10.0 Å². The maximum absolute atomic E-state index is 12.0. The Hall–Kier alpha value is -1.60. The molecule has 0 radical (unpaired) electrons. The standard InChI is InChI=1S/C15H14Cl2N2O3S/c16-11-4-6-13(7-5-11)19-15(20)8-9-18-23(21,22)14-3-1-2-12(17)10-14/h1-7,10,18H,8-9H2,(H,19,20). The number of carbonyl (C=O) groups excluding carboxylic acids is 1. The van der Waals surface area contributed by atoms with Crippen LogP contribution in [0.2, 0.25) is 10.0 Å². The zero-order chi connectivity index (χ0) is 16.9. The van der Waals surface area contributed by atoms with E-state index in [-0.39, 0.29) is 23.8 Å². The quantitative estimate of drug-likeness (QED) is 0.816. The lowest BCUT2D eigenvalue weighted by Crippen LogP contribution is -2.27. The first-order valence-electron chi connectivity index (χ1n) is 6.67. The van der Waals surface area contributed by atoms with Gasteiger partial charge in [-0.05, 0) is 42.5 Å². The van der Waals surface area contributed by atoms with Gasteiger partial charge in [-0.3, -0.25) is 4.79 Å². The molecule has 0 bridgehead atoms. The van der Waals surface area contributed by atoms with E-state index in [0.29, 0.717) is 15.7 Å². The number of carbonyl (C=O) groups is 1. The van der Waals surface area contributed by atoms with Crippen LogP contribution < -0.4 is 10.0 Å². The van der Waals surface area contributed by atoms with Gasteiger partial charge in [-0.15, -0.1) is 0 Å². The minimum absolute atomic E-state index is 0.00240. The van der Waals surface area contributed by atoms with E-state index in [1.807, 2.05) is 0 Å². The first-order valence-corrected chi connectivity index (χ1v) is 8.91. The Morgan fingerprint density at radius 1 is 1.00 bits per heavy atom. The van der Waals surface area contributed by atoms with Crippen LogP contribution in [0.4, 0.5) is 5.69 Å². The van der Waals surface area contributed by atoms with Crippen molar-refractivity contribution in [2.45, 2.75) is 11.3 Å². The summed E-state index contributed by atoms with van der Waals surface area (Å²) in [4.78, 5) is 11.8. The lowest BCUT2D eigenvalue weighted by Gasteiger charge is -2.08. The topological polar surface area (TPSA) is 75.3 Å². The first kappa shape index (κ1) is 17.7. The summed E-state index contributed by atoms with van der Waals surface area (Å²) in [6, 6.07) is 12.5. The Kier molecular flexibility index (Phi) is 6.01. The second-order valence-corrected chi connectivity index (χ2v) is 7.30. The lowest BCUT2D eigenvalue weighted by atomic mass is 10.3. The molecule has 0 heterocycles. The van der Waals surface area contributed by atoms with Gasteiger partial charge in [0.15, 0.2) is 0 Å². The SMILES string of the molecule is O=C(CCNS(=O)(=O)c1cccc(Cl)c1)Nc1ccc(Cl)cc1. The fraction of sp³-hybridized carbons (Fsp3) is 0.133. The van der Waals surface area contributed by atoms with Crippen molar-refractivity contribution < 1.29 is 13.2 Å². The van der Waals surface area contributed by atoms with E-state index in [9.17, 15) is 13.2 Å². The summed E-state index contributed by atoms with van der Waals surface area (Å²) in [6.07, 6.45) is 0.00240. The van der Waals surface area contributed by atoms with Gasteiger partial charge in [0.1, 0.15) is 0 Å². The minimum atomic E-state index is -3.69. The molecule has 8 heteroatoms. The number of halogens is 2.